The standard InChI is InChI=1S/C11H15N/c1-8-4-5-11(7-10(3)12)9(2)6-8/h4-7H,12H2,1-3H3/b10-7+. The van der Waals surface area contributed by atoms with Crippen LogP contribution in [0.3, 0.4) is 0 Å². The highest BCUT2D eigenvalue weighted by Crippen LogP contribution is 2.12. The minimum absolute atomic E-state index is 0.849. The SMILES string of the molecule is C/C(N)=C\c1ccc(C)cc1C. The predicted molar refractivity (Wildman–Crippen MR) is 53.8 cm³/mol. The van der Waals surface area contributed by atoms with Crippen molar-refractivity contribution in [3.63, 3.8) is 0 Å². The first-order chi connectivity index (χ1) is 5.59. The van der Waals surface area contributed by atoms with Crippen LogP contribution in [-0.4, -0.2) is 0 Å². The molecule has 0 fully saturated rings. The van der Waals surface area contributed by atoms with Gasteiger partial charge in [0.15, 0.2) is 0 Å². The Morgan fingerprint density at radius 3 is 2.50 bits per heavy atom. The van der Waals surface area contributed by atoms with E-state index in [0.717, 1.165) is 5.70 Å². The lowest BCUT2D eigenvalue weighted by Crippen LogP contribution is -1.91. The molecule has 0 radical (unpaired) electrons. The molecule has 2 N–H and O–H groups in total. The van der Waals surface area contributed by atoms with Gasteiger partial charge >= 0.3 is 0 Å². The van der Waals surface area contributed by atoms with Crippen molar-refractivity contribution in [1.82, 2.24) is 0 Å². The van der Waals surface area contributed by atoms with Gasteiger partial charge in [0, 0.05) is 5.70 Å². The zero-order valence-corrected chi connectivity index (χ0v) is 7.89. The number of rotatable bonds is 1. The summed E-state index contributed by atoms with van der Waals surface area (Å²) in [7, 11) is 0. The number of hydrogen-bond donors (Lipinski definition) is 1. The molecule has 1 aromatic carbocycles. The fraction of sp³-hybridized carbons (Fsp3) is 0.273. The van der Waals surface area contributed by atoms with Crippen molar-refractivity contribution in [3.8, 4) is 0 Å². The van der Waals surface area contributed by atoms with Crippen molar-refractivity contribution in [3.05, 3.63) is 40.6 Å². The first-order valence-electron chi connectivity index (χ1n) is 4.10. The third kappa shape index (κ3) is 2.12. The topological polar surface area (TPSA) is 26.0 Å². The smallest absolute Gasteiger partial charge is 0.00549 e. The van der Waals surface area contributed by atoms with Crippen molar-refractivity contribution < 1.29 is 0 Å². The van der Waals surface area contributed by atoms with Crippen molar-refractivity contribution in [1.29, 1.82) is 0 Å². The minimum Gasteiger partial charge on any atom is -0.402 e. The van der Waals surface area contributed by atoms with Gasteiger partial charge in [0.05, 0.1) is 0 Å². The van der Waals surface area contributed by atoms with Crippen LogP contribution in [0.2, 0.25) is 0 Å². The van der Waals surface area contributed by atoms with E-state index in [1.807, 2.05) is 13.0 Å². The van der Waals surface area contributed by atoms with Gasteiger partial charge in [-0.2, -0.15) is 0 Å². The highest BCUT2D eigenvalue weighted by atomic mass is 14.5. The molecule has 0 aliphatic carbocycles. The molecule has 0 amide bonds. The molecule has 0 heterocycles. The average Bonchev–Trinajstić information content (AvgIpc) is 1.94. The van der Waals surface area contributed by atoms with Crippen LogP contribution in [0.4, 0.5) is 0 Å². The van der Waals surface area contributed by atoms with Crippen molar-refractivity contribution in [2.75, 3.05) is 0 Å². The molecule has 64 valence electrons. The molecular formula is C11H15N. The van der Waals surface area contributed by atoms with E-state index in [4.69, 9.17) is 5.73 Å². The molecule has 0 aliphatic rings. The Balaban J connectivity index is 3.10. The summed E-state index contributed by atoms with van der Waals surface area (Å²) in [5.41, 5.74) is 10.2. The molecular weight excluding hydrogens is 146 g/mol. The second-order valence-corrected chi connectivity index (χ2v) is 3.25. The van der Waals surface area contributed by atoms with Crippen LogP contribution in [0, 0.1) is 13.8 Å². The summed E-state index contributed by atoms with van der Waals surface area (Å²) in [6, 6.07) is 6.36. The second kappa shape index (κ2) is 3.44. The first kappa shape index (κ1) is 8.85. The van der Waals surface area contributed by atoms with E-state index in [2.05, 4.69) is 32.0 Å². The summed E-state index contributed by atoms with van der Waals surface area (Å²) in [5, 5.41) is 0. The maximum absolute atomic E-state index is 5.59. The molecule has 0 saturated carbocycles. The Labute approximate surface area is 73.9 Å². The van der Waals surface area contributed by atoms with E-state index in [-0.39, 0.29) is 0 Å². The van der Waals surface area contributed by atoms with Crippen LogP contribution in [0.5, 0.6) is 0 Å². The quantitative estimate of drug-likeness (QED) is 0.673. The average molecular weight is 161 g/mol. The normalized spacial score (nSPS) is 11.8. The number of hydrogen-bond acceptors (Lipinski definition) is 1. The highest BCUT2D eigenvalue weighted by Gasteiger charge is 1.94. The fourth-order valence-electron chi connectivity index (χ4n) is 1.23. The zero-order chi connectivity index (χ0) is 9.14. The van der Waals surface area contributed by atoms with Crippen LogP contribution in [0.15, 0.2) is 23.9 Å². The molecule has 0 unspecified atom stereocenters. The Morgan fingerprint density at radius 1 is 1.33 bits per heavy atom. The fourth-order valence-corrected chi connectivity index (χ4v) is 1.23. The maximum Gasteiger partial charge on any atom is 0.00549 e. The second-order valence-electron chi connectivity index (χ2n) is 3.25. The summed E-state index contributed by atoms with van der Waals surface area (Å²) < 4.78 is 0. The highest BCUT2D eigenvalue weighted by molar-refractivity contribution is 5.56. The molecule has 1 heteroatoms. The monoisotopic (exact) mass is 161 g/mol. The number of allylic oxidation sites excluding steroid dienone is 1. The molecule has 1 rings (SSSR count). The summed E-state index contributed by atoms with van der Waals surface area (Å²) in [6.45, 7) is 6.09. The van der Waals surface area contributed by atoms with Gasteiger partial charge in [-0.15, -0.1) is 0 Å². The number of nitrogens with two attached hydrogens (primary N) is 1. The van der Waals surface area contributed by atoms with Crippen LogP contribution in [-0.2, 0) is 0 Å². The Morgan fingerprint density at radius 2 is 2.00 bits per heavy atom. The summed E-state index contributed by atoms with van der Waals surface area (Å²) >= 11 is 0. The zero-order valence-electron chi connectivity index (χ0n) is 7.89. The van der Waals surface area contributed by atoms with Crippen LogP contribution in [0.1, 0.15) is 23.6 Å². The van der Waals surface area contributed by atoms with E-state index in [1.54, 1.807) is 0 Å². The first-order valence-corrected chi connectivity index (χ1v) is 4.10. The van der Waals surface area contributed by atoms with E-state index in [0.29, 0.717) is 0 Å². The molecule has 0 aliphatic heterocycles. The Hall–Kier alpha value is -1.24. The minimum atomic E-state index is 0.849. The van der Waals surface area contributed by atoms with Gasteiger partial charge in [0.1, 0.15) is 0 Å². The van der Waals surface area contributed by atoms with Gasteiger partial charge in [0.25, 0.3) is 0 Å². The van der Waals surface area contributed by atoms with Crippen LogP contribution < -0.4 is 5.73 Å². The van der Waals surface area contributed by atoms with E-state index < -0.39 is 0 Å². The van der Waals surface area contributed by atoms with Crippen molar-refractivity contribution >= 4 is 6.08 Å². The molecule has 0 saturated heterocycles. The molecule has 1 aromatic rings. The number of benzene rings is 1. The maximum atomic E-state index is 5.59. The van der Waals surface area contributed by atoms with Crippen molar-refractivity contribution in [2.45, 2.75) is 20.8 Å². The summed E-state index contributed by atoms with van der Waals surface area (Å²) in [6.07, 6.45) is 1.99. The van der Waals surface area contributed by atoms with Gasteiger partial charge in [-0.25, -0.2) is 0 Å². The summed E-state index contributed by atoms with van der Waals surface area (Å²) in [5.74, 6) is 0. The Bertz CT molecular complexity index is 307. The number of aryl methyl sites for hydroxylation is 2. The molecule has 0 spiro atoms. The van der Waals surface area contributed by atoms with Gasteiger partial charge < -0.3 is 5.73 Å². The van der Waals surface area contributed by atoms with Gasteiger partial charge in [0.2, 0.25) is 0 Å². The predicted octanol–water partition coefficient (Wildman–Crippen LogP) is 2.62. The Kier molecular flexibility index (Phi) is 2.54. The van der Waals surface area contributed by atoms with Gasteiger partial charge in [-0.1, -0.05) is 23.8 Å². The molecule has 0 atom stereocenters. The largest absolute Gasteiger partial charge is 0.402 e. The molecule has 12 heavy (non-hydrogen) atoms. The molecule has 0 bridgehead atoms. The van der Waals surface area contributed by atoms with Crippen LogP contribution >= 0.6 is 0 Å². The lowest BCUT2D eigenvalue weighted by Gasteiger charge is -2.01. The third-order valence-corrected chi connectivity index (χ3v) is 1.81. The lowest BCUT2D eigenvalue weighted by molar-refractivity contribution is 1.32. The van der Waals surface area contributed by atoms with Crippen molar-refractivity contribution in [2.24, 2.45) is 5.73 Å². The van der Waals surface area contributed by atoms with Gasteiger partial charge in [-0.3, -0.25) is 0 Å². The molecule has 1 nitrogen and oxygen atoms in total. The third-order valence-electron chi connectivity index (χ3n) is 1.81. The van der Waals surface area contributed by atoms with Crippen LogP contribution in [0.25, 0.3) is 6.08 Å². The summed E-state index contributed by atoms with van der Waals surface area (Å²) in [4.78, 5) is 0. The van der Waals surface area contributed by atoms with Gasteiger partial charge in [-0.05, 0) is 38.0 Å². The van der Waals surface area contributed by atoms with E-state index in [1.165, 1.54) is 16.7 Å². The van der Waals surface area contributed by atoms with E-state index >= 15 is 0 Å². The lowest BCUT2D eigenvalue weighted by atomic mass is 10.1. The molecule has 0 aromatic heterocycles. The van der Waals surface area contributed by atoms with E-state index in [9.17, 15) is 0 Å².